The molecule has 164 valence electrons. The van der Waals surface area contributed by atoms with Gasteiger partial charge >= 0.3 is 12.4 Å². The maximum absolute atomic E-state index is 12.9. The molecule has 1 heterocycles. The van der Waals surface area contributed by atoms with Crippen molar-refractivity contribution in [1.82, 2.24) is 14.5 Å². The SMILES string of the molecule is O=c1cc2c(nn1CCNS(=O)(=O)c1cc(C(F)(F)F)cc(C(F)(F)F)c1)CCC2. The van der Waals surface area contributed by atoms with Crippen molar-refractivity contribution < 1.29 is 34.8 Å². The number of alkyl halides is 6. The molecule has 3 rings (SSSR count). The lowest BCUT2D eigenvalue weighted by Crippen LogP contribution is -2.32. The zero-order valence-corrected chi connectivity index (χ0v) is 16.0. The summed E-state index contributed by atoms with van der Waals surface area (Å²) in [4.78, 5) is 10.8. The van der Waals surface area contributed by atoms with Gasteiger partial charge in [-0.15, -0.1) is 0 Å². The number of nitrogens with zero attached hydrogens (tertiary/aromatic N) is 2. The fourth-order valence-electron chi connectivity index (χ4n) is 3.05. The van der Waals surface area contributed by atoms with Crippen LogP contribution in [0, 0.1) is 0 Å². The van der Waals surface area contributed by atoms with E-state index in [-0.39, 0.29) is 24.7 Å². The van der Waals surface area contributed by atoms with Gasteiger partial charge in [0.05, 0.1) is 28.3 Å². The number of rotatable bonds is 5. The average molecular weight is 455 g/mol. The number of aromatic nitrogens is 2. The zero-order chi connectivity index (χ0) is 22.3. The van der Waals surface area contributed by atoms with E-state index in [4.69, 9.17) is 0 Å². The number of aryl methyl sites for hydroxylation is 2. The first-order valence-corrected chi connectivity index (χ1v) is 10.1. The number of fused-ring (bicyclic) bond motifs is 1. The number of benzene rings is 1. The highest BCUT2D eigenvalue weighted by atomic mass is 32.2. The Hall–Kier alpha value is -2.41. The van der Waals surface area contributed by atoms with Gasteiger partial charge in [-0.1, -0.05) is 0 Å². The third kappa shape index (κ3) is 4.83. The van der Waals surface area contributed by atoms with Crippen LogP contribution in [0.5, 0.6) is 0 Å². The zero-order valence-electron chi connectivity index (χ0n) is 15.1. The van der Waals surface area contributed by atoms with E-state index in [1.54, 1.807) is 0 Å². The maximum Gasteiger partial charge on any atom is 0.416 e. The second kappa shape index (κ2) is 7.69. The van der Waals surface area contributed by atoms with E-state index >= 15 is 0 Å². The molecule has 6 nitrogen and oxygen atoms in total. The molecule has 0 spiro atoms. The number of sulfonamides is 1. The van der Waals surface area contributed by atoms with Crippen LogP contribution in [0.3, 0.4) is 0 Å². The van der Waals surface area contributed by atoms with Crippen molar-refractivity contribution in [2.24, 2.45) is 0 Å². The van der Waals surface area contributed by atoms with Gasteiger partial charge in [-0.25, -0.2) is 17.8 Å². The van der Waals surface area contributed by atoms with Crippen LogP contribution in [0.25, 0.3) is 0 Å². The molecule has 13 heteroatoms. The molecule has 0 bridgehead atoms. The topological polar surface area (TPSA) is 81.1 Å². The van der Waals surface area contributed by atoms with E-state index < -0.39 is 50.5 Å². The number of halogens is 6. The van der Waals surface area contributed by atoms with Crippen molar-refractivity contribution in [2.75, 3.05) is 6.54 Å². The summed E-state index contributed by atoms with van der Waals surface area (Å²) in [6.07, 6.45) is -8.15. The molecule has 0 fully saturated rings. The minimum atomic E-state index is -5.17. The van der Waals surface area contributed by atoms with Crippen molar-refractivity contribution in [3.63, 3.8) is 0 Å². The fraction of sp³-hybridized carbons (Fsp3) is 0.412. The average Bonchev–Trinajstić information content (AvgIpc) is 3.07. The molecule has 1 aromatic carbocycles. The Morgan fingerprint density at radius 2 is 1.57 bits per heavy atom. The smallest absolute Gasteiger partial charge is 0.268 e. The number of hydrogen-bond donors (Lipinski definition) is 1. The monoisotopic (exact) mass is 455 g/mol. The van der Waals surface area contributed by atoms with Crippen LogP contribution in [-0.4, -0.2) is 24.7 Å². The van der Waals surface area contributed by atoms with Gasteiger partial charge in [-0.05, 0) is 43.0 Å². The summed E-state index contributed by atoms with van der Waals surface area (Å²) < 4.78 is 105. The second-order valence-corrected chi connectivity index (χ2v) is 8.44. The highest BCUT2D eigenvalue weighted by molar-refractivity contribution is 7.89. The summed E-state index contributed by atoms with van der Waals surface area (Å²) in [6, 6.07) is 1.47. The number of hydrogen-bond acceptors (Lipinski definition) is 4. The third-order valence-electron chi connectivity index (χ3n) is 4.51. The van der Waals surface area contributed by atoms with Gasteiger partial charge in [0.1, 0.15) is 0 Å². The van der Waals surface area contributed by atoms with E-state index in [0.717, 1.165) is 16.7 Å². The molecule has 0 atom stereocenters. The Morgan fingerprint density at radius 1 is 0.967 bits per heavy atom. The van der Waals surface area contributed by atoms with Crippen molar-refractivity contribution in [2.45, 2.75) is 43.1 Å². The largest absolute Gasteiger partial charge is 0.416 e. The second-order valence-electron chi connectivity index (χ2n) is 6.67. The Bertz CT molecular complexity index is 1090. The molecule has 1 aliphatic rings. The molecule has 0 saturated heterocycles. The molecule has 0 aliphatic heterocycles. The molecule has 1 aliphatic carbocycles. The standard InChI is InChI=1S/C17H15F6N3O3S/c18-16(19,20)11-7-12(17(21,22)23)9-13(8-11)30(28,29)24-4-5-26-15(27)6-10-2-1-3-14(10)25-26/h6-9,24H,1-5H2. The molecule has 0 saturated carbocycles. The molecule has 30 heavy (non-hydrogen) atoms. The predicted molar refractivity (Wildman–Crippen MR) is 92.2 cm³/mol. The minimum Gasteiger partial charge on any atom is -0.268 e. The van der Waals surface area contributed by atoms with Crippen LogP contribution in [-0.2, 0) is 41.8 Å². The van der Waals surface area contributed by atoms with Crippen LogP contribution >= 0.6 is 0 Å². The Kier molecular flexibility index (Phi) is 5.71. The Balaban J connectivity index is 1.83. The van der Waals surface area contributed by atoms with Gasteiger partial charge in [0.2, 0.25) is 10.0 Å². The summed E-state index contributed by atoms with van der Waals surface area (Å²) >= 11 is 0. The molecule has 0 amide bonds. The molecule has 0 radical (unpaired) electrons. The number of nitrogens with one attached hydrogen (secondary N) is 1. The molecule has 1 N–H and O–H groups in total. The highest BCUT2D eigenvalue weighted by Crippen LogP contribution is 2.37. The highest BCUT2D eigenvalue weighted by Gasteiger charge is 2.38. The Labute approximate surface area is 166 Å². The minimum absolute atomic E-state index is 0.122. The van der Waals surface area contributed by atoms with Crippen molar-refractivity contribution in [1.29, 1.82) is 0 Å². The van der Waals surface area contributed by atoms with E-state index in [0.29, 0.717) is 18.5 Å². The van der Waals surface area contributed by atoms with E-state index in [9.17, 15) is 39.6 Å². The first-order valence-electron chi connectivity index (χ1n) is 8.66. The summed E-state index contributed by atoms with van der Waals surface area (Å²) in [6.45, 7) is -0.692. The molecule has 1 aromatic heterocycles. The van der Waals surface area contributed by atoms with Gasteiger partial charge in [-0.2, -0.15) is 31.4 Å². The van der Waals surface area contributed by atoms with Gasteiger partial charge in [0, 0.05) is 12.6 Å². The van der Waals surface area contributed by atoms with Crippen LogP contribution in [0.2, 0.25) is 0 Å². The van der Waals surface area contributed by atoms with Crippen LogP contribution in [0.15, 0.2) is 34.0 Å². The maximum atomic E-state index is 12.9. The van der Waals surface area contributed by atoms with E-state index in [1.165, 1.54) is 6.07 Å². The first-order chi connectivity index (χ1) is 13.8. The normalized spacial score (nSPS) is 14.7. The third-order valence-corrected chi connectivity index (χ3v) is 5.95. The molecular formula is C17H15F6N3O3S. The van der Waals surface area contributed by atoms with Crippen LogP contribution < -0.4 is 10.3 Å². The quantitative estimate of drug-likeness (QED) is 0.704. The van der Waals surface area contributed by atoms with Crippen LogP contribution in [0.4, 0.5) is 26.3 Å². The molecule has 0 unspecified atom stereocenters. The van der Waals surface area contributed by atoms with Crippen molar-refractivity contribution in [3.8, 4) is 0 Å². The molecule has 2 aromatic rings. The van der Waals surface area contributed by atoms with Crippen molar-refractivity contribution in [3.05, 3.63) is 57.0 Å². The summed E-state index contributed by atoms with van der Waals surface area (Å²) in [5, 5.41) is 4.11. The van der Waals surface area contributed by atoms with Crippen molar-refractivity contribution >= 4 is 10.0 Å². The van der Waals surface area contributed by atoms with Gasteiger partial charge < -0.3 is 0 Å². The summed E-state index contributed by atoms with van der Waals surface area (Å²) in [7, 11) is -4.71. The van der Waals surface area contributed by atoms with Gasteiger partial charge in [0.15, 0.2) is 0 Å². The lowest BCUT2D eigenvalue weighted by Gasteiger charge is -2.15. The van der Waals surface area contributed by atoms with Gasteiger partial charge in [0.25, 0.3) is 5.56 Å². The van der Waals surface area contributed by atoms with E-state index in [1.807, 2.05) is 4.72 Å². The summed E-state index contributed by atoms with van der Waals surface area (Å²) in [5.74, 6) is 0. The molecular weight excluding hydrogens is 440 g/mol. The van der Waals surface area contributed by atoms with Gasteiger partial charge in [-0.3, -0.25) is 4.79 Å². The lowest BCUT2D eigenvalue weighted by molar-refractivity contribution is -0.143. The first kappa shape index (κ1) is 22.3. The Morgan fingerprint density at radius 3 is 2.13 bits per heavy atom. The predicted octanol–water partition coefficient (Wildman–Crippen LogP) is 2.75. The van der Waals surface area contributed by atoms with E-state index in [2.05, 4.69) is 5.10 Å². The summed E-state index contributed by atoms with van der Waals surface area (Å²) in [5.41, 5.74) is -2.46. The lowest BCUT2D eigenvalue weighted by atomic mass is 10.1. The van der Waals surface area contributed by atoms with Crippen LogP contribution in [0.1, 0.15) is 28.8 Å². The fourth-order valence-corrected chi connectivity index (χ4v) is 4.14.